The summed E-state index contributed by atoms with van der Waals surface area (Å²) in [6, 6.07) is 3.45. The molecule has 20 heavy (non-hydrogen) atoms. The van der Waals surface area contributed by atoms with Gasteiger partial charge in [0, 0.05) is 37.3 Å². The summed E-state index contributed by atoms with van der Waals surface area (Å²) in [4.78, 5) is 5.59. The second-order valence-electron chi connectivity index (χ2n) is 7.06. The molecule has 0 spiro atoms. The van der Waals surface area contributed by atoms with Gasteiger partial charge >= 0.3 is 0 Å². The highest BCUT2D eigenvalue weighted by Crippen LogP contribution is 2.34. The lowest BCUT2D eigenvalue weighted by Gasteiger charge is -2.49. The molecule has 116 valence electrons. The first-order valence-corrected chi connectivity index (χ1v) is 9.05. The van der Waals surface area contributed by atoms with Crippen molar-refractivity contribution in [3.05, 3.63) is 0 Å². The predicted molar refractivity (Wildman–Crippen MR) is 85.1 cm³/mol. The van der Waals surface area contributed by atoms with Crippen LogP contribution >= 0.6 is 0 Å². The molecule has 2 unspecified atom stereocenters. The van der Waals surface area contributed by atoms with Crippen LogP contribution in [0.1, 0.15) is 58.8 Å². The predicted octanol–water partition coefficient (Wildman–Crippen LogP) is 2.47. The highest BCUT2D eigenvalue weighted by Gasteiger charge is 2.38. The maximum absolute atomic E-state index is 3.70. The number of hydrogen-bond donors (Lipinski definition) is 1. The maximum Gasteiger partial charge on any atom is 0.0115 e. The molecule has 0 aromatic carbocycles. The van der Waals surface area contributed by atoms with Crippen molar-refractivity contribution in [2.24, 2.45) is 0 Å². The van der Waals surface area contributed by atoms with Gasteiger partial charge in [0.25, 0.3) is 0 Å². The van der Waals surface area contributed by atoms with Gasteiger partial charge in [-0.1, -0.05) is 20.3 Å². The molecule has 3 fully saturated rings. The second-order valence-corrected chi connectivity index (χ2v) is 7.06. The molecule has 3 rings (SSSR count). The molecule has 2 saturated heterocycles. The first kappa shape index (κ1) is 14.8. The van der Waals surface area contributed by atoms with Gasteiger partial charge in [-0.15, -0.1) is 0 Å². The molecule has 2 heterocycles. The van der Waals surface area contributed by atoms with Crippen LogP contribution in [0.25, 0.3) is 0 Å². The maximum atomic E-state index is 3.70. The van der Waals surface area contributed by atoms with E-state index >= 15 is 0 Å². The number of fused-ring (bicyclic) bond motifs is 2. The summed E-state index contributed by atoms with van der Waals surface area (Å²) >= 11 is 0. The minimum absolute atomic E-state index is 0.789. The van der Waals surface area contributed by atoms with Crippen molar-refractivity contribution < 1.29 is 0 Å². The molecule has 1 aliphatic carbocycles. The zero-order valence-corrected chi connectivity index (χ0v) is 13.5. The lowest BCUT2D eigenvalue weighted by atomic mass is 9.81. The van der Waals surface area contributed by atoms with E-state index in [9.17, 15) is 0 Å². The van der Waals surface area contributed by atoms with Crippen LogP contribution < -0.4 is 5.32 Å². The van der Waals surface area contributed by atoms with Crippen molar-refractivity contribution in [1.82, 2.24) is 15.1 Å². The largest absolute Gasteiger partial charge is 0.314 e. The second kappa shape index (κ2) is 6.76. The molecular weight excluding hydrogens is 246 g/mol. The zero-order valence-electron chi connectivity index (χ0n) is 13.5. The Balaban J connectivity index is 1.53. The molecule has 3 nitrogen and oxygen atoms in total. The molecule has 0 aromatic rings. The van der Waals surface area contributed by atoms with Crippen LogP contribution in [-0.4, -0.2) is 60.1 Å². The van der Waals surface area contributed by atoms with Gasteiger partial charge in [0.05, 0.1) is 0 Å². The fourth-order valence-electron chi connectivity index (χ4n) is 4.58. The van der Waals surface area contributed by atoms with Gasteiger partial charge in [0.1, 0.15) is 0 Å². The van der Waals surface area contributed by atoms with Crippen LogP contribution in [-0.2, 0) is 0 Å². The van der Waals surface area contributed by atoms with Crippen molar-refractivity contribution in [2.45, 2.75) is 83.0 Å². The third-order valence-electron chi connectivity index (χ3n) is 5.73. The highest BCUT2D eigenvalue weighted by atomic mass is 15.3. The van der Waals surface area contributed by atoms with Gasteiger partial charge < -0.3 is 5.32 Å². The van der Waals surface area contributed by atoms with Crippen molar-refractivity contribution in [3.63, 3.8) is 0 Å². The van der Waals surface area contributed by atoms with Crippen molar-refractivity contribution in [2.75, 3.05) is 26.2 Å². The van der Waals surface area contributed by atoms with E-state index in [1.54, 1.807) is 0 Å². The van der Waals surface area contributed by atoms with E-state index in [0.29, 0.717) is 0 Å². The van der Waals surface area contributed by atoms with Crippen LogP contribution in [0.15, 0.2) is 0 Å². The Hall–Kier alpha value is -0.120. The average Bonchev–Trinajstić information content (AvgIpc) is 3.24. The molecular formula is C17H33N3. The number of likely N-dealkylation sites (N-methyl/N-ethyl adjacent to an activating group) is 1. The summed E-state index contributed by atoms with van der Waals surface area (Å²) in [5, 5.41) is 3.70. The van der Waals surface area contributed by atoms with Gasteiger partial charge in [-0.05, 0) is 51.6 Å². The summed E-state index contributed by atoms with van der Waals surface area (Å²) in [6.45, 7) is 9.58. The van der Waals surface area contributed by atoms with Crippen LogP contribution in [0.4, 0.5) is 0 Å². The standard InChI is InChI=1S/C17H33N3/c1-3-18-14-12-16-6-5-7-17(13-14)20(16)11-10-19(4-2)15-8-9-15/h14-18H,3-13H2,1-2H3. The molecule has 2 atom stereocenters. The van der Waals surface area contributed by atoms with Crippen LogP contribution in [0, 0.1) is 0 Å². The number of rotatable bonds is 7. The normalized spacial score (nSPS) is 34.6. The van der Waals surface area contributed by atoms with Gasteiger partial charge in [-0.25, -0.2) is 0 Å². The van der Waals surface area contributed by atoms with E-state index < -0.39 is 0 Å². The smallest absolute Gasteiger partial charge is 0.0115 e. The lowest BCUT2D eigenvalue weighted by molar-refractivity contribution is 0.0172. The van der Waals surface area contributed by atoms with Crippen molar-refractivity contribution >= 4 is 0 Å². The number of nitrogens with zero attached hydrogens (tertiary/aromatic N) is 2. The molecule has 2 bridgehead atoms. The molecule has 3 heteroatoms. The zero-order chi connectivity index (χ0) is 13.9. The van der Waals surface area contributed by atoms with Crippen molar-refractivity contribution in [3.8, 4) is 0 Å². The van der Waals surface area contributed by atoms with Crippen LogP contribution in [0.3, 0.4) is 0 Å². The molecule has 3 aliphatic rings. The number of nitrogens with one attached hydrogen (secondary N) is 1. The summed E-state index contributed by atoms with van der Waals surface area (Å²) in [5.41, 5.74) is 0. The van der Waals surface area contributed by atoms with Gasteiger partial charge in [-0.3, -0.25) is 9.80 Å². The third kappa shape index (κ3) is 3.37. The van der Waals surface area contributed by atoms with Crippen molar-refractivity contribution in [1.29, 1.82) is 0 Å². The van der Waals surface area contributed by atoms with E-state index in [4.69, 9.17) is 0 Å². The molecule has 1 saturated carbocycles. The first-order chi connectivity index (χ1) is 9.81. The topological polar surface area (TPSA) is 18.5 Å². The average molecular weight is 279 g/mol. The Morgan fingerprint density at radius 2 is 1.75 bits per heavy atom. The first-order valence-electron chi connectivity index (χ1n) is 9.05. The fraction of sp³-hybridized carbons (Fsp3) is 1.00. The summed E-state index contributed by atoms with van der Waals surface area (Å²) in [5.74, 6) is 0. The summed E-state index contributed by atoms with van der Waals surface area (Å²) < 4.78 is 0. The van der Waals surface area contributed by atoms with E-state index in [1.807, 2.05) is 0 Å². The van der Waals surface area contributed by atoms with Gasteiger partial charge in [-0.2, -0.15) is 0 Å². The molecule has 0 amide bonds. The molecule has 0 radical (unpaired) electrons. The number of piperidine rings is 2. The van der Waals surface area contributed by atoms with Crippen LogP contribution in [0.5, 0.6) is 0 Å². The third-order valence-corrected chi connectivity index (χ3v) is 5.73. The molecule has 2 aliphatic heterocycles. The Kier molecular flexibility index (Phi) is 5.00. The van der Waals surface area contributed by atoms with E-state index in [1.165, 1.54) is 64.6 Å². The van der Waals surface area contributed by atoms with E-state index in [2.05, 4.69) is 29.0 Å². The Bertz CT molecular complexity index is 289. The summed E-state index contributed by atoms with van der Waals surface area (Å²) in [6.07, 6.45) is 10.0. The number of hydrogen-bond acceptors (Lipinski definition) is 3. The minimum atomic E-state index is 0.789. The van der Waals surface area contributed by atoms with E-state index in [-0.39, 0.29) is 0 Å². The van der Waals surface area contributed by atoms with Gasteiger partial charge in [0.15, 0.2) is 0 Å². The Morgan fingerprint density at radius 1 is 1.05 bits per heavy atom. The quantitative estimate of drug-likeness (QED) is 0.772. The van der Waals surface area contributed by atoms with Gasteiger partial charge in [0.2, 0.25) is 0 Å². The summed E-state index contributed by atoms with van der Waals surface area (Å²) in [7, 11) is 0. The lowest BCUT2D eigenvalue weighted by Crippen LogP contribution is -2.57. The highest BCUT2D eigenvalue weighted by molar-refractivity contribution is 4.95. The molecule has 1 N–H and O–H groups in total. The Labute approximate surface area is 125 Å². The Morgan fingerprint density at radius 3 is 2.30 bits per heavy atom. The molecule has 0 aromatic heterocycles. The fourth-order valence-corrected chi connectivity index (χ4v) is 4.58. The minimum Gasteiger partial charge on any atom is -0.314 e. The SMILES string of the molecule is CCNC1CC2CCCC(C1)N2CCN(CC)C1CC1. The van der Waals surface area contributed by atoms with Crippen LogP contribution in [0.2, 0.25) is 0 Å². The monoisotopic (exact) mass is 279 g/mol. The van der Waals surface area contributed by atoms with E-state index in [0.717, 1.165) is 30.7 Å².